The summed E-state index contributed by atoms with van der Waals surface area (Å²) >= 11 is 0. The molecule has 0 bridgehead atoms. The van der Waals surface area contributed by atoms with Crippen LogP contribution in [0.4, 0.5) is 0 Å². The molecule has 0 aromatic rings. The molecule has 14 heavy (non-hydrogen) atoms. The SMILES string of the molecule is CNCC1CCCN1CCC(C)(C)C. The summed E-state index contributed by atoms with van der Waals surface area (Å²) in [4.78, 5) is 2.65. The highest BCUT2D eigenvalue weighted by atomic mass is 15.2. The molecule has 84 valence electrons. The van der Waals surface area contributed by atoms with Gasteiger partial charge >= 0.3 is 0 Å². The maximum Gasteiger partial charge on any atom is 0.0220 e. The van der Waals surface area contributed by atoms with Crippen molar-refractivity contribution < 1.29 is 0 Å². The Morgan fingerprint density at radius 2 is 2.07 bits per heavy atom. The molecule has 0 radical (unpaired) electrons. The molecule has 0 aromatic heterocycles. The van der Waals surface area contributed by atoms with E-state index in [0.29, 0.717) is 5.41 Å². The molecule has 1 aliphatic heterocycles. The van der Waals surface area contributed by atoms with Gasteiger partial charge in [-0.2, -0.15) is 0 Å². The molecule has 1 atom stereocenters. The molecule has 0 amide bonds. The van der Waals surface area contributed by atoms with Crippen molar-refractivity contribution in [3.63, 3.8) is 0 Å². The molecule has 1 fully saturated rings. The number of nitrogens with zero attached hydrogens (tertiary/aromatic N) is 1. The Hall–Kier alpha value is -0.0800. The van der Waals surface area contributed by atoms with Gasteiger partial charge in [-0.05, 0) is 44.8 Å². The average molecular weight is 198 g/mol. The molecule has 1 heterocycles. The van der Waals surface area contributed by atoms with E-state index in [1.165, 1.54) is 32.4 Å². The van der Waals surface area contributed by atoms with Crippen LogP contribution in [0.25, 0.3) is 0 Å². The first-order valence-corrected chi connectivity index (χ1v) is 5.91. The lowest BCUT2D eigenvalue weighted by molar-refractivity contribution is 0.211. The fourth-order valence-corrected chi connectivity index (χ4v) is 2.14. The van der Waals surface area contributed by atoms with E-state index in [0.717, 1.165) is 12.6 Å². The fraction of sp³-hybridized carbons (Fsp3) is 1.00. The largest absolute Gasteiger partial charge is 0.318 e. The molecule has 0 spiro atoms. The molecule has 2 nitrogen and oxygen atoms in total. The highest BCUT2D eigenvalue weighted by Gasteiger charge is 2.24. The van der Waals surface area contributed by atoms with Gasteiger partial charge in [0.15, 0.2) is 0 Å². The highest BCUT2D eigenvalue weighted by Crippen LogP contribution is 2.23. The second-order valence-corrected chi connectivity index (χ2v) is 5.70. The normalized spacial score (nSPS) is 24.4. The number of nitrogens with one attached hydrogen (secondary N) is 1. The molecule has 2 heteroatoms. The molecule has 1 unspecified atom stereocenters. The summed E-state index contributed by atoms with van der Waals surface area (Å²) in [6.07, 6.45) is 4.08. The predicted molar refractivity (Wildman–Crippen MR) is 62.6 cm³/mol. The smallest absolute Gasteiger partial charge is 0.0220 e. The predicted octanol–water partition coefficient (Wildman–Crippen LogP) is 2.11. The second kappa shape index (κ2) is 5.13. The fourth-order valence-electron chi connectivity index (χ4n) is 2.14. The Kier molecular flexibility index (Phi) is 4.39. The number of rotatable bonds is 4. The summed E-state index contributed by atoms with van der Waals surface area (Å²) in [6.45, 7) is 10.7. The summed E-state index contributed by atoms with van der Waals surface area (Å²) in [6, 6.07) is 0.794. The summed E-state index contributed by atoms with van der Waals surface area (Å²) in [7, 11) is 2.06. The monoisotopic (exact) mass is 198 g/mol. The van der Waals surface area contributed by atoms with Crippen LogP contribution < -0.4 is 5.32 Å². The number of likely N-dealkylation sites (tertiary alicyclic amines) is 1. The molecule has 0 saturated carbocycles. The standard InChI is InChI=1S/C12H26N2/c1-12(2,3)7-9-14-8-5-6-11(14)10-13-4/h11,13H,5-10H2,1-4H3. The van der Waals surface area contributed by atoms with Gasteiger partial charge in [-0.25, -0.2) is 0 Å². The molecule has 1 rings (SSSR count). The third-order valence-electron chi connectivity index (χ3n) is 3.09. The maximum absolute atomic E-state index is 3.30. The topological polar surface area (TPSA) is 15.3 Å². The molecule has 1 aliphatic rings. The Balaban J connectivity index is 2.29. The van der Waals surface area contributed by atoms with Crippen LogP contribution in [0.15, 0.2) is 0 Å². The van der Waals surface area contributed by atoms with Crippen LogP contribution in [0, 0.1) is 5.41 Å². The third-order valence-corrected chi connectivity index (χ3v) is 3.09. The zero-order chi connectivity index (χ0) is 10.6. The van der Waals surface area contributed by atoms with Crippen LogP contribution in [0.2, 0.25) is 0 Å². The van der Waals surface area contributed by atoms with Gasteiger partial charge in [0, 0.05) is 12.6 Å². The molecule has 0 aromatic carbocycles. The van der Waals surface area contributed by atoms with Gasteiger partial charge < -0.3 is 5.32 Å². The van der Waals surface area contributed by atoms with Crippen molar-refractivity contribution in [3.05, 3.63) is 0 Å². The first kappa shape index (κ1) is 12.0. The van der Waals surface area contributed by atoms with Gasteiger partial charge in [0.25, 0.3) is 0 Å². The molecule has 0 aliphatic carbocycles. The van der Waals surface area contributed by atoms with E-state index < -0.39 is 0 Å². The van der Waals surface area contributed by atoms with E-state index in [1.54, 1.807) is 0 Å². The Labute approximate surface area is 89.1 Å². The van der Waals surface area contributed by atoms with Crippen LogP contribution in [0.5, 0.6) is 0 Å². The van der Waals surface area contributed by atoms with Crippen molar-refractivity contribution in [2.45, 2.75) is 46.1 Å². The number of hydrogen-bond acceptors (Lipinski definition) is 2. The van der Waals surface area contributed by atoms with E-state index >= 15 is 0 Å². The van der Waals surface area contributed by atoms with Crippen LogP contribution >= 0.6 is 0 Å². The summed E-state index contributed by atoms with van der Waals surface area (Å²) in [5, 5.41) is 3.30. The van der Waals surface area contributed by atoms with Crippen molar-refractivity contribution >= 4 is 0 Å². The first-order chi connectivity index (χ1) is 6.53. The van der Waals surface area contributed by atoms with Gasteiger partial charge in [0.05, 0.1) is 0 Å². The third kappa shape index (κ3) is 3.97. The lowest BCUT2D eigenvalue weighted by atomic mass is 9.92. The van der Waals surface area contributed by atoms with Crippen molar-refractivity contribution in [3.8, 4) is 0 Å². The van der Waals surface area contributed by atoms with Crippen LogP contribution in [-0.4, -0.2) is 37.6 Å². The summed E-state index contributed by atoms with van der Waals surface area (Å²) in [5.41, 5.74) is 0.479. The Morgan fingerprint density at radius 1 is 1.36 bits per heavy atom. The van der Waals surface area contributed by atoms with Crippen molar-refractivity contribution in [1.82, 2.24) is 10.2 Å². The summed E-state index contributed by atoms with van der Waals surface area (Å²) < 4.78 is 0. The Morgan fingerprint density at radius 3 is 2.64 bits per heavy atom. The average Bonchev–Trinajstić information content (AvgIpc) is 2.48. The molecular formula is C12H26N2. The van der Waals surface area contributed by atoms with Crippen molar-refractivity contribution in [1.29, 1.82) is 0 Å². The minimum absolute atomic E-state index is 0.479. The van der Waals surface area contributed by atoms with E-state index in [1.807, 2.05) is 0 Å². The van der Waals surface area contributed by atoms with E-state index in [-0.39, 0.29) is 0 Å². The molecular weight excluding hydrogens is 172 g/mol. The minimum Gasteiger partial charge on any atom is -0.318 e. The molecule has 1 N–H and O–H groups in total. The zero-order valence-corrected chi connectivity index (χ0v) is 10.3. The van der Waals surface area contributed by atoms with E-state index in [4.69, 9.17) is 0 Å². The van der Waals surface area contributed by atoms with Gasteiger partial charge in [0.2, 0.25) is 0 Å². The minimum atomic E-state index is 0.479. The van der Waals surface area contributed by atoms with E-state index in [9.17, 15) is 0 Å². The van der Waals surface area contributed by atoms with Crippen LogP contribution in [0.1, 0.15) is 40.0 Å². The van der Waals surface area contributed by atoms with Crippen LogP contribution in [-0.2, 0) is 0 Å². The second-order valence-electron chi connectivity index (χ2n) is 5.70. The Bertz CT molecular complexity index is 160. The van der Waals surface area contributed by atoms with Gasteiger partial charge in [-0.1, -0.05) is 20.8 Å². The van der Waals surface area contributed by atoms with Crippen LogP contribution in [0.3, 0.4) is 0 Å². The van der Waals surface area contributed by atoms with Crippen molar-refractivity contribution in [2.24, 2.45) is 5.41 Å². The van der Waals surface area contributed by atoms with E-state index in [2.05, 4.69) is 38.0 Å². The highest BCUT2D eigenvalue weighted by molar-refractivity contribution is 4.81. The maximum atomic E-state index is 3.30. The molecule has 1 saturated heterocycles. The zero-order valence-electron chi connectivity index (χ0n) is 10.3. The first-order valence-electron chi connectivity index (χ1n) is 5.91. The number of likely N-dealkylation sites (N-methyl/N-ethyl adjacent to an activating group) is 1. The van der Waals surface area contributed by atoms with Gasteiger partial charge in [0.1, 0.15) is 0 Å². The lowest BCUT2D eigenvalue weighted by Crippen LogP contribution is -2.38. The number of hydrogen-bond donors (Lipinski definition) is 1. The van der Waals surface area contributed by atoms with Gasteiger partial charge in [-0.15, -0.1) is 0 Å². The quantitative estimate of drug-likeness (QED) is 0.744. The summed E-state index contributed by atoms with van der Waals surface area (Å²) in [5.74, 6) is 0. The lowest BCUT2D eigenvalue weighted by Gasteiger charge is -2.28. The van der Waals surface area contributed by atoms with Gasteiger partial charge in [-0.3, -0.25) is 4.90 Å². The van der Waals surface area contributed by atoms with Crippen molar-refractivity contribution in [2.75, 3.05) is 26.7 Å².